The van der Waals surface area contributed by atoms with Crippen LogP contribution in [0.5, 0.6) is 0 Å². The SMILES string of the molecule is O=S(=O)(c1ccc(F)cc1F)N1CCCO1. The van der Waals surface area contributed by atoms with Crippen LogP contribution in [0.3, 0.4) is 0 Å². The molecule has 0 N–H and O–H groups in total. The molecule has 2 rings (SSSR count). The topological polar surface area (TPSA) is 46.6 Å². The second-order valence-electron chi connectivity index (χ2n) is 3.29. The Kier molecular flexibility index (Phi) is 2.92. The Morgan fingerprint density at radius 1 is 1.31 bits per heavy atom. The van der Waals surface area contributed by atoms with Gasteiger partial charge in [-0.1, -0.05) is 4.47 Å². The molecular weight excluding hydrogens is 240 g/mol. The van der Waals surface area contributed by atoms with E-state index in [0.29, 0.717) is 12.5 Å². The molecule has 1 aliphatic heterocycles. The van der Waals surface area contributed by atoms with E-state index in [1.165, 1.54) is 0 Å². The van der Waals surface area contributed by atoms with Gasteiger partial charge in [-0.05, 0) is 18.6 Å². The number of hydrogen-bond acceptors (Lipinski definition) is 3. The fourth-order valence-corrected chi connectivity index (χ4v) is 2.76. The third kappa shape index (κ3) is 1.93. The largest absolute Gasteiger partial charge is 0.284 e. The summed E-state index contributed by atoms with van der Waals surface area (Å²) in [5.41, 5.74) is 0. The van der Waals surface area contributed by atoms with E-state index in [9.17, 15) is 17.2 Å². The average Bonchev–Trinajstić information content (AvgIpc) is 2.69. The maximum absolute atomic E-state index is 13.3. The standard InChI is InChI=1S/C9H9F2NO3S/c10-7-2-3-9(8(11)6-7)16(13,14)12-4-1-5-15-12/h2-3,6H,1,4-5H2. The lowest BCUT2D eigenvalue weighted by atomic mass is 10.3. The van der Waals surface area contributed by atoms with Crippen molar-refractivity contribution in [2.24, 2.45) is 0 Å². The quantitative estimate of drug-likeness (QED) is 0.793. The van der Waals surface area contributed by atoms with Crippen molar-refractivity contribution in [3.63, 3.8) is 0 Å². The van der Waals surface area contributed by atoms with Crippen molar-refractivity contribution >= 4 is 10.0 Å². The number of rotatable bonds is 2. The van der Waals surface area contributed by atoms with E-state index in [-0.39, 0.29) is 13.2 Å². The highest BCUT2D eigenvalue weighted by molar-refractivity contribution is 7.89. The molecule has 1 saturated heterocycles. The van der Waals surface area contributed by atoms with Crippen molar-refractivity contribution in [3.05, 3.63) is 29.8 Å². The first-order chi connectivity index (χ1) is 7.51. The van der Waals surface area contributed by atoms with Crippen LogP contribution in [0, 0.1) is 11.6 Å². The zero-order valence-electron chi connectivity index (χ0n) is 8.19. The predicted molar refractivity (Wildman–Crippen MR) is 50.8 cm³/mol. The van der Waals surface area contributed by atoms with Crippen molar-refractivity contribution < 1.29 is 22.0 Å². The van der Waals surface area contributed by atoms with Crippen LogP contribution in [0.4, 0.5) is 8.78 Å². The third-order valence-electron chi connectivity index (χ3n) is 2.16. The van der Waals surface area contributed by atoms with Gasteiger partial charge in [-0.25, -0.2) is 17.2 Å². The van der Waals surface area contributed by atoms with Gasteiger partial charge in [-0.2, -0.15) is 0 Å². The van der Waals surface area contributed by atoms with Gasteiger partial charge in [-0.15, -0.1) is 0 Å². The van der Waals surface area contributed by atoms with Gasteiger partial charge in [0.1, 0.15) is 16.5 Å². The number of sulfonamides is 1. The van der Waals surface area contributed by atoms with Crippen molar-refractivity contribution in [2.75, 3.05) is 13.2 Å². The normalized spacial score (nSPS) is 17.9. The Hall–Kier alpha value is -1.05. The fraction of sp³-hybridized carbons (Fsp3) is 0.333. The molecule has 1 heterocycles. The third-order valence-corrected chi connectivity index (χ3v) is 3.87. The van der Waals surface area contributed by atoms with Gasteiger partial charge >= 0.3 is 0 Å². The maximum atomic E-state index is 13.3. The van der Waals surface area contributed by atoms with Gasteiger partial charge in [0.25, 0.3) is 10.0 Å². The lowest BCUT2D eigenvalue weighted by Crippen LogP contribution is -2.27. The molecule has 0 atom stereocenters. The summed E-state index contributed by atoms with van der Waals surface area (Å²) in [5, 5.41) is 0. The van der Waals surface area contributed by atoms with Crippen LogP contribution < -0.4 is 0 Å². The molecule has 4 nitrogen and oxygen atoms in total. The molecule has 0 saturated carbocycles. The van der Waals surface area contributed by atoms with Crippen molar-refractivity contribution in [1.29, 1.82) is 0 Å². The predicted octanol–water partition coefficient (Wildman–Crippen LogP) is 1.29. The molecule has 7 heteroatoms. The van der Waals surface area contributed by atoms with Crippen LogP contribution in [0.1, 0.15) is 6.42 Å². The Balaban J connectivity index is 2.42. The summed E-state index contributed by atoms with van der Waals surface area (Å²) in [7, 11) is -4.02. The number of benzene rings is 1. The van der Waals surface area contributed by atoms with Gasteiger partial charge in [-0.3, -0.25) is 4.84 Å². The Morgan fingerprint density at radius 3 is 2.62 bits per heavy atom. The molecular formula is C9H9F2NO3S. The van der Waals surface area contributed by atoms with E-state index in [4.69, 9.17) is 4.84 Å². The van der Waals surface area contributed by atoms with Crippen LogP contribution in [0.2, 0.25) is 0 Å². The molecule has 0 aromatic heterocycles. The highest BCUT2D eigenvalue weighted by atomic mass is 32.2. The first-order valence-corrected chi connectivity index (χ1v) is 6.06. The highest BCUT2D eigenvalue weighted by Gasteiger charge is 2.31. The summed E-state index contributed by atoms with van der Waals surface area (Å²) >= 11 is 0. The van der Waals surface area contributed by atoms with Crippen LogP contribution in [-0.4, -0.2) is 26.0 Å². The molecule has 0 radical (unpaired) electrons. The second kappa shape index (κ2) is 4.08. The summed E-state index contributed by atoms with van der Waals surface area (Å²) in [6.07, 6.45) is 0.558. The number of halogens is 2. The molecule has 1 aromatic carbocycles. The van der Waals surface area contributed by atoms with E-state index < -0.39 is 26.6 Å². The maximum Gasteiger partial charge on any atom is 0.267 e. The van der Waals surface area contributed by atoms with Gasteiger partial charge in [0, 0.05) is 12.6 Å². The van der Waals surface area contributed by atoms with Gasteiger partial charge in [0.15, 0.2) is 0 Å². The molecule has 0 aliphatic carbocycles. The van der Waals surface area contributed by atoms with E-state index >= 15 is 0 Å². The molecule has 0 amide bonds. The Bertz CT molecular complexity index is 497. The van der Waals surface area contributed by atoms with Crippen LogP contribution in [-0.2, 0) is 14.9 Å². The minimum atomic E-state index is -4.02. The molecule has 1 fully saturated rings. The van der Waals surface area contributed by atoms with Crippen LogP contribution >= 0.6 is 0 Å². The van der Waals surface area contributed by atoms with Gasteiger partial charge in [0.05, 0.1) is 6.61 Å². The summed E-state index contributed by atoms with van der Waals surface area (Å²) in [5.74, 6) is -1.94. The van der Waals surface area contributed by atoms with E-state index in [0.717, 1.165) is 16.6 Å². The van der Waals surface area contributed by atoms with E-state index in [1.54, 1.807) is 0 Å². The zero-order chi connectivity index (χ0) is 11.8. The first kappa shape index (κ1) is 11.4. The summed E-state index contributed by atoms with van der Waals surface area (Å²) in [4.78, 5) is 4.27. The highest BCUT2D eigenvalue weighted by Crippen LogP contribution is 2.22. The summed E-state index contributed by atoms with van der Waals surface area (Å²) in [6, 6.07) is 2.32. The lowest BCUT2D eigenvalue weighted by molar-refractivity contribution is -0.0286. The van der Waals surface area contributed by atoms with Gasteiger partial charge in [0.2, 0.25) is 0 Å². The number of nitrogens with zero attached hydrogens (tertiary/aromatic N) is 1. The van der Waals surface area contributed by atoms with Crippen molar-refractivity contribution in [3.8, 4) is 0 Å². The smallest absolute Gasteiger partial charge is 0.267 e. The second-order valence-corrected chi connectivity index (χ2v) is 5.09. The van der Waals surface area contributed by atoms with Crippen LogP contribution in [0.25, 0.3) is 0 Å². The van der Waals surface area contributed by atoms with Crippen molar-refractivity contribution in [1.82, 2.24) is 4.47 Å². The monoisotopic (exact) mass is 249 g/mol. The van der Waals surface area contributed by atoms with E-state index in [2.05, 4.69) is 0 Å². The first-order valence-electron chi connectivity index (χ1n) is 4.62. The van der Waals surface area contributed by atoms with E-state index in [1.807, 2.05) is 0 Å². The minimum Gasteiger partial charge on any atom is -0.284 e. The van der Waals surface area contributed by atoms with Gasteiger partial charge < -0.3 is 0 Å². The van der Waals surface area contributed by atoms with Crippen molar-refractivity contribution in [2.45, 2.75) is 11.3 Å². The fourth-order valence-electron chi connectivity index (χ4n) is 1.41. The Labute approximate surface area is 91.4 Å². The van der Waals surface area contributed by atoms with Crippen LogP contribution in [0.15, 0.2) is 23.1 Å². The molecule has 0 bridgehead atoms. The molecule has 0 unspecified atom stereocenters. The zero-order valence-corrected chi connectivity index (χ0v) is 9.01. The summed E-state index contributed by atoms with van der Waals surface area (Å²) < 4.78 is 50.3. The molecule has 0 spiro atoms. The summed E-state index contributed by atoms with van der Waals surface area (Å²) in [6.45, 7) is 0.460. The molecule has 16 heavy (non-hydrogen) atoms. The average molecular weight is 249 g/mol. The minimum absolute atomic E-state index is 0.180. The molecule has 88 valence electrons. The lowest BCUT2D eigenvalue weighted by Gasteiger charge is -2.14. The molecule has 1 aromatic rings. The Morgan fingerprint density at radius 2 is 2.06 bits per heavy atom. The molecule has 1 aliphatic rings. The number of hydrogen-bond donors (Lipinski definition) is 0. The number of hydroxylamine groups is 1.